The molecular formula is C19H14FNO. The molecule has 3 aromatic rings. The van der Waals surface area contributed by atoms with E-state index in [9.17, 15) is 4.39 Å². The highest BCUT2D eigenvalue weighted by atomic mass is 19.1. The van der Waals surface area contributed by atoms with Crippen LogP contribution in [0, 0.1) is 5.82 Å². The predicted octanol–water partition coefficient (Wildman–Crippen LogP) is 5.37. The fraction of sp³-hybridized carbons (Fsp3) is 0. The van der Waals surface area contributed by atoms with Crippen molar-refractivity contribution in [2.45, 2.75) is 0 Å². The van der Waals surface area contributed by atoms with Gasteiger partial charge in [0.1, 0.15) is 17.3 Å². The first kappa shape index (κ1) is 14.0. The molecule has 0 unspecified atom stereocenters. The summed E-state index contributed by atoms with van der Waals surface area (Å²) in [6.07, 6.45) is 1.69. The summed E-state index contributed by atoms with van der Waals surface area (Å²) >= 11 is 0. The Morgan fingerprint density at radius 1 is 0.818 bits per heavy atom. The maximum Gasteiger partial charge on any atom is 0.153 e. The lowest BCUT2D eigenvalue weighted by Gasteiger charge is -2.08. The number of rotatable bonds is 4. The summed E-state index contributed by atoms with van der Waals surface area (Å²) in [5.41, 5.74) is 1.39. The zero-order chi connectivity index (χ0) is 15.2. The first-order valence-corrected chi connectivity index (χ1v) is 6.93. The second kappa shape index (κ2) is 6.68. The van der Waals surface area contributed by atoms with Gasteiger partial charge in [-0.05, 0) is 29.8 Å². The maximum atomic E-state index is 13.5. The molecule has 0 bridgehead atoms. The molecule has 3 aromatic carbocycles. The minimum absolute atomic E-state index is 0.347. The van der Waals surface area contributed by atoms with E-state index in [1.54, 1.807) is 12.3 Å². The molecule has 22 heavy (non-hydrogen) atoms. The Bertz CT molecular complexity index is 770. The van der Waals surface area contributed by atoms with Crippen molar-refractivity contribution in [2.24, 2.45) is 4.99 Å². The molecule has 0 heterocycles. The average molecular weight is 291 g/mol. The minimum Gasteiger partial charge on any atom is -0.455 e. The van der Waals surface area contributed by atoms with Gasteiger partial charge in [0.2, 0.25) is 0 Å². The SMILES string of the molecule is Fc1ccc(Oc2ccccc2)c(N=Cc2ccccc2)c1. The summed E-state index contributed by atoms with van der Waals surface area (Å²) in [5.74, 6) is 0.852. The Labute approximate surface area is 128 Å². The fourth-order valence-electron chi connectivity index (χ4n) is 1.98. The molecule has 0 radical (unpaired) electrons. The van der Waals surface area contributed by atoms with Crippen LogP contribution in [0.5, 0.6) is 11.5 Å². The predicted molar refractivity (Wildman–Crippen MR) is 86.6 cm³/mol. The van der Waals surface area contributed by atoms with Crippen molar-refractivity contribution in [3.05, 3.63) is 90.2 Å². The number of ether oxygens (including phenoxy) is 1. The molecule has 2 nitrogen and oxygen atoms in total. The van der Waals surface area contributed by atoms with Crippen molar-refractivity contribution in [1.29, 1.82) is 0 Å². The minimum atomic E-state index is -0.347. The Balaban J connectivity index is 1.89. The van der Waals surface area contributed by atoms with Crippen molar-refractivity contribution in [1.82, 2.24) is 0 Å². The van der Waals surface area contributed by atoms with E-state index in [-0.39, 0.29) is 5.82 Å². The van der Waals surface area contributed by atoms with E-state index in [4.69, 9.17) is 4.74 Å². The van der Waals surface area contributed by atoms with E-state index in [0.29, 0.717) is 17.2 Å². The van der Waals surface area contributed by atoms with Gasteiger partial charge in [0.05, 0.1) is 0 Å². The molecule has 0 spiro atoms. The van der Waals surface area contributed by atoms with Gasteiger partial charge < -0.3 is 4.74 Å². The maximum absolute atomic E-state index is 13.5. The van der Waals surface area contributed by atoms with Crippen molar-refractivity contribution >= 4 is 11.9 Å². The van der Waals surface area contributed by atoms with E-state index >= 15 is 0 Å². The number of halogens is 1. The lowest BCUT2D eigenvalue weighted by Crippen LogP contribution is -1.86. The number of aliphatic imine (C=N–C) groups is 1. The third-order valence-electron chi connectivity index (χ3n) is 3.04. The summed E-state index contributed by atoms with van der Waals surface area (Å²) in [4.78, 5) is 4.34. The van der Waals surface area contributed by atoms with Gasteiger partial charge in [0.15, 0.2) is 5.75 Å². The highest BCUT2D eigenvalue weighted by Crippen LogP contribution is 2.32. The van der Waals surface area contributed by atoms with Gasteiger partial charge in [-0.3, -0.25) is 4.99 Å². The molecule has 0 aliphatic heterocycles. The van der Waals surface area contributed by atoms with Gasteiger partial charge in [0.25, 0.3) is 0 Å². The van der Waals surface area contributed by atoms with Crippen molar-refractivity contribution in [2.75, 3.05) is 0 Å². The third kappa shape index (κ3) is 3.58. The van der Waals surface area contributed by atoms with E-state index in [1.807, 2.05) is 60.7 Å². The quantitative estimate of drug-likeness (QED) is 0.592. The van der Waals surface area contributed by atoms with Crippen LogP contribution in [-0.2, 0) is 0 Å². The van der Waals surface area contributed by atoms with Crippen molar-refractivity contribution < 1.29 is 9.13 Å². The molecule has 0 aromatic heterocycles. The summed E-state index contributed by atoms with van der Waals surface area (Å²) in [7, 11) is 0. The standard InChI is InChI=1S/C19H14FNO/c20-16-11-12-19(22-17-9-5-2-6-10-17)18(13-16)21-14-15-7-3-1-4-8-15/h1-14H. The van der Waals surface area contributed by atoms with Crippen LogP contribution >= 0.6 is 0 Å². The Kier molecular flexibility index (Phi) is 4.25. The number of hydrogen-bond donors (Lipinski definition) is 0. The Morgan fingerprint density at radius 2 is 1.50 bits per heavy atom. The molecular weight excluding hydrogens is 277 g/mol. The highest BCUT2D eigenvalue weighted by molar-refractivity contribution is 5.82. The second-order valence-corrected chi connectivity index (χ2v) is 4.70. The van der Waals surface area contributed by atoms with Crippen LogP contribution in [0.25, 0.3) is 0 Å². The van der Waals surface area contributed by atoms with Crippen LogP contribution in [0.1, 0.15) is 5.56 Å². The lowest BCUT2D eigenvalue weighted by molar-refractivity contribution is 0.482. The van der Waals surface area contributed by atoms with E-state index < -0.39 is 0 Å². The van der Waals surface area contributed by atoms with Gasteiger partial charge in [-0.15, -0.1) is 0 Å². The fourth-order valence-corrected chi connectivity index (χ4v) is 1.98. The van der Waals surface area contributed by atoms with Gasteiger partial charge >= 0.3 is 0 Å². The number of nitrogens with zero attached hydrogens (tertiary/aromatic N) is 1. The monoisotopic (exact) mass is 291 g/mol. The normalized spacial score (nSPS) is 10.8. The molecule has 108 valence electrons. The molecule has 0 atom stereocenters. The summed E-state index contributed by atoms with van der Waals surface area (Å²) in [5, 5.41) is 0. The van der Waals surface area contributed by atoms with E-state index in [0.717, 1.165) is 5.56 Å². The number of para-hydroxylation sites is 1. The first-order chi connectivity index (χ1) is 10.8. The lowest BCUT2D eigenvalue weighted by atomic mass is 10.2. The summed E-state index contributed by atoms with van der Waals surface area (Å²) < 4.78 is 19.3. The zero-order valence-electron chi connectivity index (χ0n) is 11.8. The van der Waals surface area contributed by atoms with Crippen molar-refractivity contribution in [3.8, 4) is 11.5 Å². The molecule has 3 rings (SSSR count). The van der Waals surface area contributed by atoms with Crippen LogP contribution < -0.4 is 4.74 Å². The second-order valence-electron chi connectivity index (χ2n) is 4.70. The molecule has 0 N–H and O–H groups in total. The Hall–Kier alpha value is -2.94. The molecule has 3 heteroatoms. The van der Waals surface area contributed by atoms with Crippen LogP contribution in [-0.4, -0.2) is 6.21 Å². The molecule has 0 fully saturated rings. The number of benzene rings is 3. The van der Waals surface area contributed by atoms with Crippen LogP contribution in [0.4, 0.5) is 10.1 Å². The van der Waals surface area contributed by atoms with Crippen LogP contribution in [0.2, 0.25) is 0 Å². The first-order valence-electron chi connectivity index (χ1n) is 6.93. The van der Waals surface area contributed by atoms with Gasteiger partial charge in [-0.2, -0.15) is 0 Å². The molecule has 0 amide bonds. The highest BCUT2D eigenvalue weighted by Gasteiger charge is 2.05. The van der Waals surface area contributed by atoms with Gasteiger partial charge in [-0.25, -0.2) is 4.39 Å². The zero-order valence-corrected chi connectivity index (χ0v) is 11.8. The van der Waals surface area contributed by atoms with Crippen molar-refractivity contribution in [3.63, 3.8) is 0 Å². The third-order valence-corrected chi connectivity index (χ3v) is 3.04. The molecule has 0 aliphatic rings. The van der Waals surface area contributed by atoms with Crippen LogP contribution in [0.15, 0.2) is 83.9 Å². The topological polar surface area (TPSA) is 21.6 Å². The summed E-state index contributed by atoms with van der Waals surface area (Å²) in [6.45, 7) is 0. The van der Waals surface area contributed by atoms with Gasteiger partial charge in [-0.1, -0.05) is 48.5 Å². The Morgan fingerprint density at radius 3 is 2.23 bits per heavy atom. The smallest absolute Gasteiger partial charge is 0.153 e. The molecule has 0 saturated heterocycles. The summed E-state index contributed by atoms with van der Waals surface area (Å²) in [6, 6.07) is 23.3. The molecule has 0 saturated carbocycles. The van der Waals surface area contributed by atoms with E-state index in [2.05, 4.69) is 4.99 Å². The molecule has 0 aliphatic carbocycles. The van der Waals surface area contributed by atoms with E-state index in [1.165, 1.54) is 12.1 Å². The van der Waals surface area contributed by atoms with Crippen LogP contribution in [0.3, 0.4) is 0 Å². The van der Waals surface area contributed by atoms with Gasteiger partial charge in [0, 0.05) is 12.3 Å². The average Bonchev–Trinajstić information content (AvgIpc) is 2.57. The number of hydrogen-bond acceptors (Lipinski definition) is 2. The largest absolute Gasteiger partial charge is 0.455 e.